The van der Waals surface area contributed by atoms with Crippen LogP contribution < -0.4 is 5.32 Å². The first-order chi connectivity index (χ1) is 12.0. The Hall–Kier alpha value is -3.08. The molecular weight excluding hydrogens is 327 g/mol. The largest absolute Gasteiger partial charge is 0.322 e. The third-order valence-corrected chi connectivity index (χ3v) is 3.77. The predicted octanol–water partition coefficient (Wildman–Crippen LogP) is 5.33. The van der Waals surface area contributed by atoms with E-state index in [0.717, 1.165) is 11.6 Å². The van der Waals surface area contributed by atoms with E-state index in [4.69, 9.17) is 0 Å². The normalized spacial score (nSPS) is 10.6. The molecule has 0 fully saturated rings. The maximum absolute atomic E-state index is 13.9. The van der Waals surface area contributed by atoms with Crippen LogP contribution in [0.15, 0.2) is 60.7 Å². The molecule has 2 nitrogen and oxygen atoms in total. The van der Waals surface area contributed by atoms with Gasteiger partial charge in [0.1, 0.15) is 5.82 Å². The van der Waals surface area contributed by atoms with Gasteiger partial charge in [-0.2, -0.15) is 0 Å². The van der Waals surface area contributed by atoms with E-state index in [0.29, 0.717) is 16.8 Å². The first-order valence-corrected chi connectivity index (χ1v) is 7.57. The number of rotatable bonds is 3. The zero-order valence-corrected chi connectivity index (χ0v) is 13.3. The molecule has 0 aliphatic carbocycles. The smallest absolute Gasteiger partial charge is 0.258 e. The van der Waals surface area contributed by atoms with E-state index < -0.39 is 17.5 Å². The number of hydrogen-bond acceptors (Lipinski definition) is 1. The minimum atomic E-state index is -1.20. The highest BCUT2D eigenvalue weighted by Gasteiger charge is 2.15. The van der Waals surface area contributed by atoms with Crippen LogP contribution >= 0.6 is 0 Å². The van der Waals surface area contributed by atoms with Gasteiger partial charge in [-0.1, -0.05) is 29.8 Å². The summed E-state index contributed by atoms with van der Waals surface area (Å²) < 4.78 is 40.8. The standard InChI is InChI=1S/C20H14F3NO/c1-12-5-10-17(21)16(11-12)13-6-8-14(9-7-13)24-20(25)15-3-2-4-18(22)19(15)23/h2-11H,1H3,(H,24,25). The van der Waals surface area contributed by atoms with Crippen LogP contribution in [0.3, 0.4) is 0 Å². The minimum Gasteiger partial charge on any atom is -0.322 e. The molecule has 3 rings (SSSR count). The molecular formula is C20H14F3NO. The Morgan fingerprint density at radius 1 is 0.880 bits per heavy atom. The lowest BCUT2D eigenvalue weighted by Crippen LogP contribution is -2.14. The van der Waals surface area contributed by atoms with Crippen molar-refractivity contribution >= 4 is 11.6 Å². The van der Waals surface area contributed by atoms with E-state index in [9.17, 15) is 18.0 Å². The first kappa shape index (κ1) is 16.8. The molecule has 25 heavy (non-hydrogen) atoms. The van der Waals surface area contributed by atoms with E-state index in [1.807, 2.05) is 6.92 Å². The SMILES string of the molecule is Cc1ccc(F)c(-c2ccc(NC(=O)c3cccc(F)c3F)cc2)c1. The number of hydrogen-bond donors (Lipinski definition) is 1. The number of benzene rings is 3. The molecule has 0 saturated heterocycles. The van der Waals surface area contributed by atoms with Crippen LogP contribution in [-0.2, 0) is 0 Å². The van der Waals surface area contributed by atoms with E-state index in [-0.39, 0.29) is 11.4 Å². The minimum absolute atomic E-state index is 0.343. The van der Waals surface area contributed by atoms with Crippen molar-refractivity contribution < 1.29 is 18.0 Å². The molecule has 0 spiro atoms. The van der Waals surface area contributed by atoms with Crippen LogP contribution in [0.25, 0.3) is 11.1 Å². The Morgan fingerprint density at radius 2 is 1.60 bits per heavy atom. The van der Waals surface area contributed by atoms with Crippen molar-refractivity contribution in [2.24, 2.45) is 0 Å². The van der Waals surface area contributed by atoms with Crippen molar-refractivity contribution in [3.63, 3.8) is 0 Å². The van der Waals surface area contributed by atoms with E-state index in [2.05, 4.69) is 5.32 Å². The Kier molecular flexibility index (Phi) is 4.57. The lowest BCUT2D eigenvalue weighted by Gasteiger charge is -2.09. The van der Waals surface area contributed by atoms with Gasteiger partial charge in [0.15, 0.2) is 11.6 Å². The first-order valence-electron chi connectivity index (χ1n) is 7.57. The molecule has 3 aromatic carbocycles. The number of amides is 1. The van der Waals surface area contributed by atoms with Gasteiger partial charge in [0.05, 0.1) is 5.56 Å². The fourth-order valence-corrected chi connectivity index (χ4v) is 2.47. The zero-order valence-electron chi connectivity index (χ0n) is 13.3. The number of carbonyl (C=O) groups excluding carboxylic acids is 1. The molecule has 0 radical (unpaired) electrons. The van der Waals surface area contributed by atoms with Crippen LogP contribution in [0.1, 0.15) is 15.9 Å². The van der Waals surface area contributed by atoms with Crippen molar-refractivity contribution in [2.45, 2.75) is 6.92 Å². The van der Waals surface area contributed by atoms with Crippen LogP contribution in [-0.4, -0.2) is 5.91 Å². The van der Waals surface area contributed by atoms with Gasteiger partial charge in [0, 0.05) is 11.3 Å². The highest BCUT2D eigenvalue weighted by Crippen LogP contribution is 2.25. The molecule has 0 atom stereocenters. The van der Waals surface area contributed by atoms with Crippen LogP contribution in [0.5, 0.6) is 0 Å². The molecule has 5 heteroatoms. The number of anilines is 1. The highest BCUT2D eigenvalue weighted by molar-refractivity contribution is 6.04. The van der Waals surface area contributed by atoms with Crippen LogP contribution in [0, 0.1) is 24.4 Å². The number of aryl methyl sites for hydroxylation is 1. The summed E-state index contributed by atoms with van der Waals surface area (Å²) in [4.78, 5) is 12.1. The summed E-state index contributed by atoms with van der Waals surface area (Å²) >= 11 is 0. The third-order valence-electron chi connectivity index (χ3n) is 3.77. The molecule has 0 unspecified atom stereocenters. The molecule has 3 aromatic rings. The second kappa shape index (κ2) is 6.81. The van der Waals surface area contributed by atoms with Crippen molar-refractivity contribution in [3.05, 3.63) is 89.2 Å². The molecule has 1 N–H and O–H groups in total. The van der Waals surface area contributed by atoms with Gasteiger partial charge in [-0.3, -0.25) is 4.79 Å². The molecule has 126 valence electrons. The molecule has 0 aliphatic heterocycles. The summed E-state index contributed by atoms with van der Waals surface area (Å²) in [5.41, 5.74) is 2.04. The van der Waals surface area contributed by atoms with Gasteiger partial charge >= 0.3 is 0 Å². The predicted molar refractivity (Wildman–Crippen MR) is 90.9 cm³/mol. The third kappa shape index (κ3) is 3.55. The lowest BCUT2D eigenvalue weighted by atomic mass is 10.0. The van der Waals surface area contributed by atoms with E-state index in [1.165, 1.54) is 18.2 Å². The van der Waals surface area contributed by atoms with Crippen LogP contribution in [0.2, 0.25) is 0 Å². The molecule has 0 heterocycles. The quantitative estimate of drug-likeness (QED) is 0.685. The summed E-state index contributed by atoms with van der Waals surface area (Å²) in [6, 6.07) is 14.7. The Balaban J connectivity index is 1.82. The maximum atomic E-state index is 13.9. The van der Waals surface area contributed by atoms with E-state index in [1.54, 1.807) is 36.4 Å². The average molecular weight is 341 g/mol. The van der Waals surface area contributed by atoms with Gasteiger partial charge in [-0.15, -0.1) is 0 Å². The Labute approximate surface area is 142 Å². The number of halogens is 3. The summed E-state index contributed by atoms with van der Waals surface area (Å²) in [6.07, 6.45) is 0. The number of carbonyl (C=O) groups is 1. The van der Waals surface area contributed by atoms with Gasteiger partial charge < -0.3 is 5.32 Å². The second-order valence-electron chi connectivity index (χ2n) is 5.62. The summed E-state index contributed by atoms with van der Waals surface area (Å²) in [7, 11) is 0. The molecule has 0 aromatic heterocycles. The Bertz CT molecular complexity index is 936. The second-order valence-corrected chi connectivity index (χ2v) is 5.62. The lowest BCUT2D eigenvalue weighted by molar-refractivity contribution is 0.102. The highest BCUT2D eigenvalue weighted by atomic mass is 19.2. The number of nitrogens with one attached hydrogen (secondary N) is 1. The topological polar surface area (TPSA) is 29.1 Å². The molecule has 0 bridgehead atoms. The van der Waals surface area contributed by atoms with Crippen molar-refractivity contribution in [2.75, 3.05) is 5.32 Å². The van der Waals surface area contributed by atoms with Gasteiger partial charge in [0.2, 0.25) is 0 Å². The van der Waals surface area contributed by atoms with E-state index >= 15 is 0 Å². The average Bonchev–Trinajstić information content (AvgIpc) is 2.60. The Morgan fingerprint density at radius 3 is 2.32 bits per heavy atom. The maximum Gasteiger partial charge on any atom is 0.258 e. The van der Waals surface area contributed by atoms with Crippen molar-refractivity contribution in [1.82, 2.24) is 0 Å². The molecule has 0 aliphatic rings. The molecule has 0 saturated carbocycles. The van der Waals surface area contributed by atoms with Crippen LogP contribution in [0.4, 0.5) is 18.9 Å². The summed E-state index contributed by atoms with van der Waals surface area (Å²) in [5.74, 6) is -3.38. The van der Waals surface area contributed by atoms with Gasteiger partial charge in [-0.05, 0) is 48.9 Å². The zero-order chi connectivity index (χ0) is 18.0. The summed E-state index contributed by atoms with van der Waals surface area (Å²) in [6.45, 7) is 1.87. The fourth-order valence-electron chi connectivity index (χ4n) is 2.47. The summed E-state index contributed by atoms with van der Waals surface area (Å²) in [5, 5.41) is 2.49. The van der Waals surface area contributed by atoms with Crippen molar-refractivity contribution in [3.8, 4) is 11.1 Å². The van der Waals surface area contributed by atoms with Crippen molar-refractivity contribution in [1.29, 1.82) is 0 Å². The molecule has 1 amide bonds. The van der Waals surface area contributed by atoms with Gasteiger partial charge in [0.25, 0.3) is 5.91 Å². The van der Waals surface area contributed by atoms with Gasteiger partial charge in [-0.25, -0.2) is 13.2 Å². The fraction of sp³-hybridized carbons (Fsp3) is 0.0500. The monoisotopic (exact) mass is 341 g/mol.